The Bertz CT molecular complexity index is 519. The summed E-state index contributed by atoms with van der Waals surface area (Å²) in [6.07, 6.45) is -3.04. The Kier molecular flexibility index (Phi) is 4.63. The van der Waals surface area contributed by atoms with Crippen molar-refractivity contribution in [3.05, 3.63) is 12.0 Å². The van der Waals surface area contributed by atoms with Crippen LogP contribution in [0, 0.1) is 0 Å². The van der Waals surface area contributed by atoms with E-state index in [-0.39, 0.29) is 17.3 Å². The summed E-state index contributed by atoms with van der Waals surface area (Å²) in [6.45, 7) is 1.66. The van der Waals surface area contributed by atoms with Gasteiger partial charge in [0.2, 0.25) is 0 Å². The topological polar surface area (TPSA) is 161 Å². The Balaban J connectivity index is 2.25. The van der Waals surface area contributed by atoms with Crippen molar-refractivity contribution in [2.75, 3.05) is 18.9 Å². The summed E-state index contributed by atoms with van der Waals surface area (Å²) in [5.74, 6) is 0.0886. The minimum atomic E-state index is -1.25. The van der Waals surface area contributed by atoms with E-state index in [4.69, 9.17) is 26.1 Å². The van der Waals surface area contributed by atoms with Gasteiger partial charge in [0.1, 0.15) is 30.7 Å². The molecule has 0 spiro atoms. The lowest BCUT2D eigenvalue weighted by molar-refractivity contribution is -0.0518. The van der Waals surface area contributed by atoms with Crippen molar-refractivity contribution in [1.82, 2.24) is 9.55 Å². The molecule has 0 amide bonds. The second kappa shape index (κ2) is 6.26. The van der Waals surface area contributed by atoms with Gasteiger partial charge in [-0.3, -0.25) is 4.57 Å². The third kappa shape index (κ3) is 2.78. The van der Waals surface area contributed by atoms with E-state index in [0.29, 0.717) is 6.61 Å². The van der Waals surface area contributed by atoms with Crippen LogP contribution in [-0.2, 0) is 9.57 Å². The highest BCUT2D eigenvalue weighted by Crippen LogP contribution is 2.31. The van der Waals surface area contributed by atoms with Crippen LogP contribution in [0.3, 0.4) is 0 Å². The first-order valence-electron chi connectivity index (χ1n) is 6.41. The van der Waals surface area contributed by atoms with Gasteiger partial charge in [-0.15, -0.1) is 0 Å². The number of rotatable bonds is 5. The van der Waals surface area contributed by atoms with Gasteiger partial charge in [0.05, 0.1) is 12.9 Å². The van der Waals surface area contributed by atoms with Gasteiger partial charge in [-0.2, -0.15) is 0 Å². The van der Waals surface area contributed by atoms with Gasteiger partial charge in [0.15, 0.2) is 17.8 Å². The maximum Gasteiger partial charge on any atom is 0.192 e. The van der Waals surface area contributed by atoms with Crippen LogP contribution in [0.15, 0.2) is 11.5 Å². The van der Waals surface area contributed by atoms with Gasteiger partial charge >= 0.3 is 0 Å². The standard InChI is InChI=1S/C11H19N5O5/c1-2-20-15-9(12)6-10(13)16(4-14-6)11-8(19)7(18)5(3-17)21-11/h4-5,7-8,11,17-19H,2-3,13H2,1H3,(H2,12,15)/t5-,7-,8-,11-/m1/s1. The molecule has 10 nitrogen and oxygen atoms in total. The van der Waals surface area contributed by atoms with Crippen molar-refractivity contribution in [3.8, 4) is 0 Å². The molecule has 1 aromatic heterocycles. The van der Waals surface area contributed by atoms with Gasteiger partial charge < -0.3 is 36.4 Å². The van der Waals surface area contributed by atoms with E-state index in [0.717, 1.165) is 0 Å². The lowest BCUT2D eigenvalue weighted by Crippen LogP contribution is -2.33. The monoisotopic (exact) mass is 301 g/mol. The first-order valence-corrected chi connectivity index (χ1v) is 6.41. The fourth-order valence-corrected chi connectivity index (χ4v) is 2.06. The molecule has 2 rings (SSSR count). The highest BCUT2D eigenvalue weighted by molar-refractivity contribution is 5.99. The number of imidazole rings is 1. The Morgan fingerprint density at radius 1 is 1.52 bits per heavy atom. The molecule has 1 aliphatic heterocycles. The zero-order valence-electron chi connectivity index (χ0n) is 11.5. The summed E-state index contributed by atoms with van der Waals surface area (Å²) in [6, 6.07) is 0. The number of anilines is 1. The molecular formula is C11H19N5O5. The minimum Gasteiger partial charge on any atom is -0.394 e. The lowest BCUT2D eigenvalue weighted by Gasteiger charge is -2.17. The quantitative estimate of drug-likeness (QED) is 0.231. The molecule has 1 aliphatic rings. The predicted molar refractivity (Wildman–Crippen MR) is 72.0 cm³/mol. The van der Waals surface area contributed by atoms with E-state index < -0.39 is 31.1 Å². The Hall–Kier alpha value is -1.88. The number of aromatic nitrogens is 2. The maximum absolute atomic E-state index is 9.95. The SMILES string of the molecule is CCON=C(N)c1ncn([C@@H]2O[C@H](CO)[C@@H](O)[C@H]2O)c1N. The molecule has 0 aromatic carbocycles. The molecule has 0 unspecified atom stereocenters. The summed E-state index contributed by atoms with van der Waals surface area (Å²) in [5, 5.41) is 32.4. The third-order valence-corrected chi connectivity index (χ3v) is 3.16. The first-order chi connectivity index (χ1) is 10.0. The highest BCUT2D eigenvalue weighted by Gasteiger charge is 2.44. The largest absolute Gasteiger partial charge is 0.394 e. The van der Waals surface area contributed by atoms with E-state index in [1.165, 1.54) is 10.9 Å². The van der Waals surface area contributed by atoms with Crippen molar-refractivity contribution in [3.63, 3.8) is 0 Å². The number of oxime groups is 1. The van der Waals surface area contributed by atoms with E-state index in [9.17, 15) is 10.2 Å². The van der Waals surface area contributed by atoms with Crippen LogP contribution in [0.1, 0.15) is 18.8 Å². The summed E-state index contributed by atoms with van der Waals surface area (Å²) in [4.78, 5) is 8.81. The Labute approximate surface area is 120 Å². The number of ether oxygens (including phenoxy) is 1. The second-order valence-electron chi connectivity index (χ2n) is 4.51. The summed E-state index contributed by atoms with van der Waals surface area (Å²) in [5.41, 5.74) is 11.8. The number of nitrogens with two attached hydrogens (primary N) is 2. The molecule has 0 saturated carbocycles. The van der Waals surface area contributed by atoms with E-state index in [1.807, 2.05) is 0 Å². The van der Waals surface area contributed by atoms with Crippen LogP contribution in [0.5, 0.6) is 0 Å². The molecule has 1 fully saturated rings. The first kappa shape index (κ1) is 15.5. The lowest BCUT2D eigenvalue weighted by atomic mass is 10.1. The smallest absolute Gasteiger partial charge is 0.192 e. The predicted octanol–water partition coefficient (Wildman–Crippen LogP) is -2.27. The van der Waals surface area contributed by atoms with Gasteiger partial charge in [0.25, 0.3) is 0 Å². The van der Waals surface area contributed by atoms with Gasteiger partial charge in [0, 0.05) is 0 Å². The van der Waals surface area contributed by atoms with E-state index in [1.54, 1.807) is 6.92 Å². The average Bonchev–Trinajstić information content (AvgIpc) is 2.98. The molecule has 0 radical (unpaired) electrons. The van der Waals surface area contributed by atoms with Crippen LogP contribution >= 0.6 is 0 Å². The van der Waals surface area contributed by atoms with E-state index in [2.05, 4.69) is 10.1 Å². The molecule has 21 heavy (non-hydrogen) atoms. The Morgan fingerprint density at radius 3 is 2.81 bits per heavy atom. The maximum atomic E-state index is 9.95. The molecule has 118 valence electrons. The summed E-state index contributed by atoms with van der Waals surface area (Å²) < 4.78 is 6.67. The normalized spacial score (nSPS) is 29.8. The summed E-state index contributed by atoms with van der Waals surface area (Å²) >= 11 is 0. The molecule has 4 atom stereocenters. The second-order valence-corrected chi connectivity index (χ2v) is 4.51. The number of hydrogen-bond acceptors (Lipinski definition) is 8. The molecule has 7 N–H and O–H groups in total. The molecular weight excluding hydrogens is 282 g/mol. The van der Waals surface area contributed by atoms with Crippen LogP contribution in [-0.4, -0.2) is 62.2 Å². The molecule has 10 heteroatoms. The number of hydrogen-bond donors (Lipinski definition) is 5. The number of nitrogen functional groups attached to an aromatic ring is 1. The Morgan fingerprint density at radius 2 is 2.24 bits per heavy atom. The van der Waals surface area contributed by atoms with Gasteiger partial charge in [-0.05, 0) is 6.92 Å². The van der Waals surface area contributed by atoms with Crippen LogP contribution in [0.2, 0.25) is 0 Å². The van der Waals surface area contributed by atoms with Crippen molar-refractivity contribution < 1.29 is 24.9 Å². The van der Waals surface area contributed by atoms with E-state index >= 15 is 0 Å². The molecule has 1 aromatic rings. The average molecular weight is 301 g/mol. The third-order valence-electron chi connectivity index (χ3n) is 3.16. The van der Waals surface area contributed by atoms with Gasteiger partial charge in [-0.25, -0.2) is 4.98 Å². The zero-order chi connectivity index (χ0) is 15.6. The highest BCUT2D eigenvalue weighted by atomic mass is 16.6. The van der Waals surface area contributed by atoms with Crippen molar-refractivity contribution in [2.45, 2.75) is 31.5 Å². The number of nitrogens with zero attached hydrogens (tertiary/aromatic N) is 3. The fraction of sp³-hybridized carbons (Fsp3) is 0.636. The molecule has 2 heterocycles. The molecule has 0 aliphatic carbocycles. The van der Waals surface area contributed by atoms with Gasteiger partial charge in [-0.1, -0.05) is 5.16 Å². The van der Waals surface area contributed by atoms with Crippen LogP contribution < -0.4 is 11.5 Å². The minimum absolute atomic E-state index is 0.0140. The van der Waals surface area contributed by atoms with Crippen molar-refractivity contribution in [2.24, 2.45) is 10.9 Å². The number of aliphatic hydroxyl groups is 3. The summed E-state index contributed by atoms with van der Waals surface area (Å²) in [7, 11) is 0. The van der Waals surface area contributed by atoms with Crippen LogP contribution in [0.4, 0.5) is 5.82 Å². The zero-order valence-corrected chi connectivity index (χ0v) is 11.5. The fourth-order valence-electron chi connectivity index (χ4n) is 2.06. The number of amidine groups is 1. The van der Waals surface area contributed by atoms with Crippen molar-refractivity contribution in [1.29, 1.82) is 0 Å². The molecule has 1 saturated heterocycles. The number of aliphatic hydroxyl groups excluding tert-OH is 3. The van der Waals surface area contributed by atoms with Crippen LogP contribution in [0.25, 0.3) is 0 Å². The molecule has 0 bridgehead atoms. The van der Waals surface area contributed by atoms with Crippen molar-refractivity contribution >= 4 is 11.7 Å².